The van der Waals surface area contributed by atoms with Crippen LogP contribution in [0.5, 0.6) is 0 Å². The lowest BCUT2D eigenvalue weighted by molar-refractivity contribution is -0.387. The molecule has 9 heteroatoms. The van der Waals surface area contributed by atoms with Gasteiger partial charge in [0.1, 0.15) is 6.04 Å². The maximum Gasteiger partial charge on any atom is 0.289 e. The molecule has 0 aliphatic rings. The first-order valence-corrected chi connectivity index (χ1v) is 9.02. The SMILES string of the molecule is Cc1ccc(N(C(C)C(=O)Cl)S(=O)(=O)c2ccccc2[N+](=O)[O-])cc1. The van der Waals surface area contributed by atoms with E-state index in [4.69, 9.17) is 11.6 Å². The van der Waals surface area contributed by atoms with E-state index in [9.17, 15) is 23.3 Å². The summed E-state index contributed by atoms with van der Waals surface area (Å²) in [4.78, 5) is 21.6. The molecule has 2 aromatic rings. The number of sulfonamides is 1. The number of carbonyl (C=O) groups is 1. The van der Waals surface area contributed by atoms with Crippen molar-refractivity contribution >= 4 is 38.2 Å². The molecule has 0 fully saturated rings. The van der Waals surface area contributed by atoms with Crippen LogP contribution in [0.25, 0.3) is 0 Å². The van der Waals surface area contributed by atoms with E-state index < -0.39 is 36.8 Å². The first-order chi connectivity index (χ1) is 11.7. The molecule has 0 saturated carbocycles. The van der Waals surface area contributed by atoms with E-state index in [1.165, 1.54) is 31.2 Å². The van der Waals surface area contributed by atoms with Gasteiger partial charge in [0.05, 0.1) is 10.6 Å². The van der Waals surface area contributed by atoms with Gasteiger partial charge in [-0.2, -0.15) is 0 Å². The summed E-state index contributed by atoms with van der Waals surface area (Å²) in [6.07, 6.45) is 0. The van der Waals surface area contributed by atoms with Crippen molar-refractivity contribution in [2.45, 2.75) is 24.8 Å². The average Bonchev–Trinajstić information content (AvgIpc) is 2.56. The second kappa shape index (κ2) is 7.20. The number of nitro benzene ring substituents is 1. The number of anilines is 1. The van der Waals surface area contributed by atoms with Gasteiger partial charge in [0.15, 0.2) is 4.90 Å². The molecule has 7 nitrogen and oxygen atoms in total. The van der Waals surface area contributed by atoms with Gasteiger partial charge in [-0.3, -0.25) is 19.2 Å². The van der Waals surface area contributed by atoms with Crippen LogP contribution < -0.4 is 4.31 Å². The van der Waals surface area contributed by atoms with Crippen LogP contribution in [0.2, 0.25) is 0 Å². The fourth-order valence-electron chi connectivity index (χ4n) is 2.29. The van der Waals surface area contributed by atoms with Crippen molar-refractivity contribution in [2.24, 2.45) is 0 Å². The molecule has 1 unspecified atom stereocenters. The summed E-state index contributed by atoms with van der Waals surface area (Å²) in [7, 11) is -4.40. The van der Waals surface area contributed by atoms with Gasteiger partial charge in [-0.25, -0.2) is 8.42 Å². The van der Waals surface area contributed by atoms with Gasteiger partial charge >= 0.3 is 0 Å². The summed E-state index contributed by atoms with van der Waals surface area (Å²) in [6.45, 7) is 3.14. The van der Waals surface area contributed by atoms with Crippen molar-refractivity contribution in [3.63, 3.8) is 0 Å². The Morgan fingerprint density at radius 3 is 2.24 bits per heavy atom. The quantitative estimate of drug-likeness (QED) is 0.434. The van der Waals surface area contributed by atoms with Crippen molar-refractivity contribution in [3.05, 3.63) is 64.2 Å². The Kier molecular flexibility index (Phi) is 5.44. The van der Waals surface area contributed by atoms with Crippen molar-refractivity contribution < 1.29 is 18.1 Å². The largest absolute Gasteiger partial charge is 0.289 e. The topological polar surface area (TPSA) is 97.6 Å². The monoisotopic (exact) mass is 382 g/mol. The third kappa shape index (κ3) is 3.80. The first kappa shape index (κ1) is 18.9. The second-order valence-electron chi connectivity index (χ2n) is 5.34. The van der Waals surface area contributed by atoms with Crippen molar-refractivity contribution in [1.29, 1.82) is 0 Å². The van der Waals surface area contributed by atoms with Gasteiger partial charge < -0.3 is 0 Å². The highest BCUT2D eigenvalue weighted by Crippen LogP contribution is 2.32. The highest BCUT2D eigenvalue weighted by atomic mass is 35.5. The molecular weight excluding hydrogens is 368 g/mol. The average molecular weight is 383 g/mol. The van der Waals surface area contributed by atoms with Crippen LogP contribution in [-0.2, 0) is 14.8 Å². The van der Waals surface area contributed by atoms with E-state index in [-0.39, 0.29) is 5.69 Å². The van der Waals surface area contributed by atoms with Crippen LogP contribution in [0.4, 0.5) is 11.4 Å². The molecule has 0 aromatic heterocycles. The molecule has 25 heavy (non-hydrogen) atoms. The highest BCUT2D eigenvalue weighted by Gasteiger charge is 2.36. The van der Waals surface area contributed by atoms with Crippen molar-refractivity contribution in [1.82, 2.24) is 0 Å². The lowest BCUT2D eigenvalue weighted by atomic mass is 10.2. The Hall–Kier alpha value is -2.45. The van der Waals surface area contributed by atoms with E-state index in [0.717, 1.165) is 22.0 Å². The van der Waals surface area contributed by atoms with Crippen LogP contribution in [0.15, 0.2) is 53.4 Å². The van der Waals surface area contributed by atoms with Gasteiger partial charge in [-0.1, -0.05) is 29.8 Å². The number of rotatable bonds is 6. The lowest BCUT2D eigenvalue weighted by Gasteiger charge is -2.28. The van der Waals surface area contributed by atoms with E-state index in [1.807, 2.05) is 6.92 Å². The second-order valence-corrected chi connectivity index (χ2v) is 7.50. The van der Waals surface area contributed by atoms with Gasteiger partial charge in [0, 0.05) is 6.07 Å². The molecule has 0 amide bonds. The number of para-hydroxylation sites is 1. The number of halogens is 1. The molecule has 132 valence electrons. The number of aryl methyl sites for hydroxylation is 1. The molecule has 2 rings (SSSR count). The van der Waals surface area contributed by atoms with Gasteiger partial charge in [-0.05, 0) is 43.6 Å². The van der Waals surface area contributed by atoms with E-state index in [2.05, 4.69) is 0 Å². The zero-order valence-electron chi connectivity index (χ0n) is 13.4. The minimum atomic E-state index is -4.40. The Morgan fingerprint density at radius 1 is 1.16 bits per heavy atom. The molecule has 0 N–H and O–H groups in total. The maximum absolute atomic E-state index is 13.1. The van der Waals surface area contributed by atoms with Gasteiger partial charge in [-0.15, -0.1) is 0 Å². The minimum Gasteiger partial charge on any atom is -0.279 e. The molecule has 0 bridgehead atoms. The number of benzene rings is 2. The Balaban J connectivity index is 2.70. The fraction of sp³-hybridized carbons (Fsp3) is 0.188. The zero-order chi connectivity index (χ0) is 18.8. The van der Waals surface area contributed by atoms with Crippen LogP contribution >= 0.6 is 11.6 Å². The fourth-order valence-corrected chi connectivity index (χ4v) is 4.22. The van der Waals surface area contributed by atoms with Gasteiger partial charge in [0.2, 0.25) is 5.24 Å². The number of nitrogens with zero attached hydrogens (tertiary/aromatic N) is 2. The number of hydrogen-bond acceptors (Lipinski definition) is 5. The number of nitro groups is 1. The normalized spacial score (nSPS) is 12.4. The summed E-state index contributed by atoms with van der Waals surface area (Å²) < 4.78 is 27.0. The Morgan fingerprint density at radius 2 is 1.72 bits per heavy atom. The van der Waals surface area contributed by atoms with Crippen LogP contribution in [0.3, 0.4) is 0 Å². The Labute approximate surface area is 150 Å². The third-order valence-corrected chi connectivity index (χ3v) is 5.83. The standard InChI is InChI=1S/C16H15ClN2O5S/c1-11-7-9-13(10-8-11)18(12(2)16(17)20)25(23,24)15-6-4-3-5-14(15)19(21)22/h3-10,12H,1-2H3. The summed E-state index contributed by atoms with van der Waals surface area (Å²) in [5.74, 6) is 0. The molecule has 0 heterocycles. The molecule has 0 aliphatic heterocycles. The molecule has 1 atom stereocenters. The molecule has 0 saturated heterocycles. The predicted molar refractivity (Wildman–Crippen MR) is 94.3 cm³/mol. The first-order valence-electron chi connectivity index (χ1n) is 7.20. The zero-order valence-corrected chi connectivity index (χ0v) is 15.0. The van der Waals surface area contributed by atoms with Crippen molar-refractivity contribution in [2.75, 3.05) is 4.31 Å². The summed E-state index contributed by atoms with van der Waals surface area (Å²) in [6, 6.07) is 10.1. The van der Waals surface area contributed by atoms with E-state index >= 15 is 0 Å². The number of carbonyl (C=O) groups excluding carboxylic acids is 1. The summed E-state index contributed by atoms with van der Waals surface area (Å²) in [5, 5.41) is 10.3. The smallest absolute Gasteiger partial charge is 0.279 e. The summed E-state index contributed by atoms with van der Waals surface area (Å²) in [5.41, 5.74) is 0.496. The molecule has 0 aliphatic carbocycles. The maximum atomic E-state index is 13.1. The highest BCUT2D eigenvalue weighted by molar-refractivity contribution is 7.93. The van der Waals surface area contributed by atoms with Crippen LogP contribution in [0, 0.1) is 17.0 Å². The minimum absolute atomic E-state index is 0.185. The predicted octanol–water partition coefficient (Wildman–Crippen LogP) is 3.25. The summed E-state index contributed by atoms with van der Waals surface area (Å²) >= 11 is 5.52. The number of hydrogen-bond donors (Lipinski definition) is 0. The van der Waals surface area contributed by atoms with Crippen molar-refractivity contribution in [3.8, 4) is 0 Å². The molecule has 0 spiro atoms. The van der Waals surface area contributed by atoms with Crippen LogP contribution in [0.1, 0.15) is 12.5 Å². The Bertz CT molecular complexity index is 912. The third-order valence-electron chi connectivity index (χ3n) is 3.57. The lowest BCUT2D eigenvalue weighted by Crippen LogP contribution is -2.42. The van der Waals surface area contributed by atoms with E-state index in [1.54, 1.807) is 12.1 Å². The van der Waals surface area contributed by atoms with E-state index in [0.29, 0.717) is 0 Å². The van der Waals surface area contributed by atoms with Gasteiger partial charge in [0.25, 0.3) is 15.7 Å². The molecule has 0 radical (unpaired) electrons. The molecular formula is C16H15ClN2O5S. The van der Waals surface area contributed by atoms with Crippen LogP contribution in [-0.4, -0.2) is 24.6 Å². The molecule has 2 aromatic carbocycles.